The summed E-state index contributed by atoms with van der Waals surface area (Å²) in [6.45, 7) is 5.78. The van der Waals surface area contributed by atoms with Crippen LogP contribution in [0.25, 0.3) is 0 Å². The van der Waals surface area contributed by atoms with Crippen LogP contribution in [0.3, 0.4) is 0 Å². The van der Waals surface area contributed by atoms with Crippen molar-refractivity contribution >= 4 is 22.4 Å². The van der Waals surface area contributed by atoms with E-state index in [1.54, 1.807) is 23.7 Å². The Morgan fingerprint density at radius 2 is 1.82 bits per heavy atom. The molecule has 3 aromatic rings. The lowest BCUT2D eigenvalue weighted by Gasteiger charge is -2.16. The summed E-state index contributed by atoms with van der Waals surface area (Å²) < 4.78 is 11.7. The minimum atomic E-state index is -0.286. The van der Waals surface area contributed by atoms with Crippen molar-refractivity contribution in [3.05, 3.63) is 65.2 Å². The minimum absolute atomic E-state index is 0.0700. The maximum Gasteiger partial charge on any atom is 0.257 e. The smallest absolute Gasteiger partial charge is 0.257 e. The number of hydrogen-bond donors (Lipinski definition) is 1. The van der Waals surface area contributed by atoms with Gasteiger partial charge in [-0.1, -0.05) is 30.3 Å². The molecular weight excluding hydrogens is 374 g/mol. The summed E-state index contributed by atoms with van der Waals surface area (Å²) >= 11 is 1.36. The van der Waals surface area contributed by atoms with Gasteiger partial charge in [-0.25, -0.2) is 4.98 Å². The van der Waals surface area contributed by atoms with Crippen LogP contribution in [0.5, 0.6) is 11.8 Å². The van der Waals surface area contributed by atoms with Crippen LogP contribution < -0.4 is 14.8 Å². The van der Waals surface area contributed by atoms with Gasteiger partial charge in [-0.2, -0.15) is 4.98 Å². The highest BCUT2D eigenvalue weighted by atomic mass is 32.1. The molecule has 1 atom stereocenters. The molecule has 1 aromatic carbocycles. The van der Waals surface area contributed by atoms with Gasteiger partial charge in [0.1, 0.15) is 6.10 Å². The number of pyridine rings is 1. The second kappa shape index (κ2) is 9.32. The van der Waals surface area contributed by atoms with Crippen LogP contribution in [0, 0.1) is 0 Å². The number of ether oxygens (including phenoxy) is 2. The number of carbonyl (C=O) groups is 1. The first-order chi connectivity index (χ1) is 13.5. The number of nitrogens with zero attached hydrogens (tertiary/aromatic N) is 2. The van der Waals surface area contributed by atoms with E-state index in [-0.39, 0.29) is 18.1 Å². The van der Waals surface area contributed by atoms with Gasteiger partial charge in [0.2, 0.25) is 11.8 Å². The molecule has 2 aromatic heterocycles. The van der Waals surface area contributed by atoms with Gasteiger partial charge in [0.15, 0.2) is 5.13 Å². The highest BCUT2D eigenvalue weighted by Crippen LogP contribution is 2.22. The molecule has 0 aliphatic carbocycles. The van der Waals surface area contributed by atoms with Crippen LogP contribution in [-0.2, 0) is 6.42 Å². The normalized spacial score (nSPS) is 11.9. The fraction of sp³-hybridized carbons (Fsp3) is 0.286. The van der Waals surface area contributed by atoms with Gasteiger partial charge < -0.3 is 9.47 Å². The molecule has 0 aliphatic rings. The van der Waals surface area contributed by atoms with Crippen LogP contribution in [0.4, 0.5) is 5.13 Å². The SMILES string of the molecule is CC(C)Oc1cc(C(=O)Nc2nccs2)cc(O[C@H](C)Cc2ccccc2)n1. The molecule has 0 aliphatic heterocycles. The van der Waals surface area contributed by atoms with Crippen molar-refractivity contribution in [3.63, 3.8) is 0 Å². The van der Waals surface area contributed by atoms with Gasteiger partial charge in [0.05, 0.1) is 11.7 Å². The fourth-order valence-corrected chi connectivity index (χ4v) is 3.15. The largest absolute Gasteiger partial charge is 0.475 e. The zero-order chi connectivity index (χ0) is 19.9. The van der Waals surface area contributed by atoms with Crippen molar-refractivity contribution in [1.82, 2.24) is 9.97 Å². The average molecular weight is 398 g/mol. The maximum atomic E-state index is 12.6. The number of anilines is 1. The quantitative estimate of drug-likeness (QED) is 0.602. The molecule has 28 heavy (non-hydrogen) atoms. The van der Waals surface area contributed by atoms with E-state index < -0.39 is 0 Å². The molecule has 1 N–H and O–H groups in total. The van der Waals surface area contributed by atoms with Crippen LogP contribution in [0.2, 0.25) is 0 Å². The summed E-state index contributed by atoms with van der Waals surface area (Å²) in [6, 6.07) is 13.3. The van der Waals surface area contributed by atoms with Gasteiger partial charge >= 0.3 is 0 Å². The first-order valence-electron chi connectivity index (χ1n) is 9.10. The summed E-state index contributed by atoms with van der Waals surface area (Å²) in [5.41, 5.74) is 1.58. The molecule has 0 saturated heterocycles. The predicted molar refractivity (Wildman–Crippen MR) is 110 cm³/mol. The Hall–Kier alpha value is -2.93. The molecule has 0 fully saturated rings. The molecule has 0 spiro atoms. The third-order valence-corrected chi connectivity index (χ3v) is 4.43. The molecule has 1 amide bonds. The summed E-state index contributed by atoms with van der Waals surface area (Å²) in [5, 5.41) is 5.10. The number of amides is 1. The van der Waals surface area contributed by atoms with Gasteiger partial charge in [-0.05, 0) is 26.3 Å². The van der Waals surface area contributed by atoms with E-state index in [9.17, 15) is 4.79 Å². The number of thiazole rings is 1. The first kappa shape index (κ1) is 19.8. The molecule has 0 radical (unpaired) electrons. The van der Waals surface area contributed by atoms with E-state index in [4.69, 9.17) is 9.47 Å². The lowest BCUT2D eigenvalue weighted by Crippen LogP contribution is -2.18. The van der Waals surface area contributed by atoms with Crippen molar-refractivity contribution in [1.29, 1.82) is 0 Å². The van der Waals surface area contributed by atoms with Crippen molar-refractivity contribution in [2.75, 3.05) is 5.32 Å². The summed E-state index contributed by atoms with van der Waals surface area (Å²) in [5.74, 6) is 0.418. The fourth-order valence-electron chi connectivity index (χ4n) is 2.62. The van der Waals surface area contributed by atoms with Crippen molar-refractivity contribution < 1.29 is 14.3 Å². The lowest BCUT2D eigenvalue weighted by atomic mass is 10.1. The zero-order valence-corrected chi connectivity index (χ0v) is 16.9. The molecule has 6 nitrogen and oxygen atoms in total. The van der Waals surface area contributed by atoms with E-state index in [1.807, 2.05) is 39.0 Å². The van der Waals surface area contributed by atoms with Crippen molar-refractivity contribution in [3.8, 4) is 11.8 Å². The second-order valence-electron chi connectivity index (χ2n) is 6.61. The highest BCUT2D eigenvalue weighted by Gasteiger charge is 2.15. The Kier molecular flexibility index (Phi) is 6.60. The monoisotopic (exact) mass is 397 g/mol. The zero-order valence-electron chi connectivity index (χ0n) is 16.1. The lowest BCUT2D eigenvalue weighted by molar-refractivity contribution is 0.102. The number of nitrogens with one attached hydrogen (secondary N) is 1. The minimum Gasteiger partial charge on any atom is -0.475 e. The molecule has 0 unspecified atom stereocenters. The standard InChI is InChI=1S/C21H23N3O3S/c1-14(2)26-18-12-17(20(25)24-21-22-9-10-28-21)13-19(23-18)27-15(3)11-16-7-5-4-6-8-16/h4-10,12-15H,11H2,1-3H3,(H,22,24,25)/t15-/m1/s1. The Morgan fingerprint density at radius 1 is 1.11 bits per heavy atom. The van der Waals surface area contributed by atoms with Gasteiger partial charge in [-0.15, -0.1) is 11.3 Å². The maximum absolute atomic E-state index is 12.6. The summed E-state index contributed by atoms with van der Waals surface area (Å²) in [7, 11) is 0. The van der Waals surface area contributed by atoms with Crippen LogP contribution in [0.15, 0.2) is 54.0 Å². The van der Waals surface area contributed by atoms with Crippen LogP contribution in [0.1, 0.15) is 36.7 Å². The number of rotatable bonds is 8. The second-order valence-corrected chi connectivity index (χ2v) is 7.50. The van der Waals surface area contributed by atoms with Gasteiger partial charge in [0, 0.05) is 30.1 Å². The number of aromatic nitrogens is 2. The topological polar surface area (TPSA) is 73.3 Å². The third kappa shape index (κ3) is 5.79. The van der Waals surface area contributed by atoms with E-state index in [1.165, 1.54) is 16.9 Å². The molecule has 2 heterocycles. The first-order valence-corrected chi connectivity index (χ1v) is 9.97. The highest BCUT2D eigenvalue weighted by molar-refractivity contribution is 7.13. The number of carbonyl (C=O) groups excluding carboxylic acids is 1. The molecule has 0 bridgehead atoms. The average Bonchev–Trinajstić information content (AvgIpc) is 3.14. The molecule has 3 rings (SSSR count). The number of benzene rings is 1. The van der Waals surface area contributed by atoms with E-state index in [2.05, 4.69) is 27.4 Å². The van der Waals surface area contributed by atoms with Gasteiger partial charge in [-0.3, -0.25) is 10.1 Å². The molecular formula is C21H23N3O3S. The van der Waals surface area contributed by atoms with Gasteiger partial charge in [0.25, 0.3) is 5.91 Å². The van der Waals surface area contributed by atoms with Crippen LogP contribution in [-0.4, -0.2) is 28.1 Å². The Bertz CT molecular complexity index is 899. The van der Waals surface area contributed by atoms with E-state index in [0.717, 1.165) is 6.42 Å². The summed E-state index contributed by atoms with van der Waals surface area (Å²) in [6.07, 6.45) is 2.19. The van der Waals surface area contributed by atoms with E-state index in [0.29, 0.717) is 22.5 Å². The number of hydrogen-bond acceptors (Lipinski definition) is 6. The Balaban J connectivity index is 1.77. The van der Waals surface area contributed by atoms with Crippen molar-refractivity contribution in [2.45, 2.75) is 39.4 Å². The van der Waals surface area contributed by atoms with E-state index >= 15 is 0 Å². The predicted octanol–water partition coefficient (Wildman–Crippen LogP) is 4.59. The summed E-state index contributed by atoms with van der Waals surface area (Å²) in [4.78, 5) is 21.1. The Labute approximate surface area is 168 Å². The van der Waals surface area contributed by atoms with Crippen LogP contribution >= 0.6 is 11.3 Å². The Morgan fingerprint density at radius 3 is 2.46 bits per heavy atom. The molecule has 7 heteroatoms. The molecule has 146 valence electrons. The molecule has 0 saturated carbocycles. The van der Waals surface area contributed by atoms with Crippen molar-refractivity contribution in [2.24, 2.45) is 0 Å². The third-order valence-electron chi connectivity index (χ3n) is 3.74.